The van der Waals surface area contributed by atoms with Crippen LogP contribution in [-0.2, 0) is 0 Å². The number of rotatable bonds is 4. The largest absolute Gasteiger partial charge is 0.355 e. The zero-order chi connectivity index (χ0) is 15.2. The third kappa shape index (κ3) is 3.54. The van der Waals surface area contributed by atoms with Gasteiger partial charge in [-0.2, -0.15) is 0 Å². The summed E-state index contributed by atoms with van der Waals surface area (Å²) in [6.07, 6.45) is 0.716. The molecule has 0 aliphatic rings. The van der Waals surface area contributed by atoms with Gasteiger partial charge in [0.2, 0.25) is 0 Å². The molecule has 0 radical (unpaired) electrons. The van der Waals surface area contributed by atoms with Gasteiger partial charge >= 0.3 is 0 Å². The third-order valence-corrected chi connectivity index (χ3v) is 2.92. The molecule has 0 aliphatic heterocycles. The second-order valence-electron chi connectivity index (χ2n) is 4.35. The molecule has 2 aromatic carbocycles. The number of benzene rings is 2. The van der Waals surface area contributed by atoms with Crippen LogP contribution < -0.4 is 10.6 Å². The molecule has 0 fully saturated rings. The molecule has 0 spiro atoms. The van der Waals surface area contributed by atoms with Crippen LogP contribution in [0.1, 0.15) is 31.1 Å². The van der Waals surface area contributed by atoms with Crippen molar-refractivity contribution >= 4 is 23.8 Å². The van der Waals surface area contributed by atoms with Crippen LogP contribution in [0, 0.1) is 0 Å². The van der Waals surface area contributed by atoms with Crippen molar-refractivity contribution in [1.82, 2.24) is 5.32 Å². The molecule has 0 heterocycles. The van der Waals surface area contributed by atoms with Crippen molar-refractivity contribution in [2.75, 3.05) is 12.4 Å². The van der Waals surface area contributed by atoms with Crippen molar-refractivity contribution in [2.45, 2.75) is 0 Å². The van der Waals surface area contributed by atoms with E-state index in [1.807, 2.05) is 0 Å². The highest BCUT2D eigenvalue weighted by Gasteiger charge is 2.08. The van der Waals surface area contributed by atoms with Gasteiger partial charge in [0, 0.05) is 29.4 Å². The van der Waals surface area contributed by atoms with E-state index in [0.29, 0.717) is 28.7 Å². The maximum atomic E-state index is 12.1. The Kier molecular flexibility index (Phi) is 4.46. The van der Waals surface area contributed by atoms with E-state index in [-0.39, 0.29) is 11.8 Å². The molecule has 0 atom stereocenters. The molecule has 2 N–H and O–H groups in total. The average molecular weight is 282 g/mol. The number of nitrogens with one attached hydrogen (secondary N) is 2. The van der Waals surface area contributed by atoms with Gasteiger partial charge in [0.1, 0.15) is 6.29 Å². The Bertz CT molecular complexity index is 678. The van der Waals surface area contributed by atoms with Crippen molar-refractivity contribution in [3.05, 3.63) is 65.2 Å². The zero-order valence-corrected chi connectivity index (χ0v) is 11.4. The third-order valence-electron chi connectivity index (χ3n) is 2.92. The van der Waals surface area contributed by atoms with E-state index >= 15 is 0 Å². The summed E-state index contributed by atoms with van der Waals surface area (Å²) >= 11 is 0. The number of carbonyl (C=O) groups excluding carboxylic acids is 3. The van der Waals surface area contributed by atoms with Crippen LogP contribution in [0.3, 0.4) is 0 Å². The average Bonchev–Trinajstić information content (AvgIpc) is 2.54. The monoisotopic (exact) mass is 282 g/mol. The summed E-state index contributed by atoms with van der Waals surface area (Å²) in [5, 5.41) is 5.21. The van der Waals surface area contributed by atoms with Crippen molar-refractivity contribution in [3.8, 4) is 0 Å². The fourth-order valence-corrected chi connectivity index (χ4v) is 1.81. The predicted molar refractivity (Wildman–Crippen MR) is 79.6 cm³/mol. The maximum Gasteiger partial charge on any atom is 0.255 e. The number of hydrogen-bond acceptors (Lipinski definition) is 3. The highest BCUT2D eigenvalue weighted by Crippen LogP contribution is 2.12. The zero-order valence-electron chi connectivity index (χ0n) is 11.4. The topological polar surface area (TPSA) is 75.3 Å². The number of amides is 2. The van der Waals surface area contributed by atoms with Crippen molar-refractivity contribution in [2.24, 2.45) is 0 Å². The molecule has 0 bridgehead atoms. The molecule has 5 heteroatoms. The van der Waals surface area contributed by atoms with E-state index in [0.717, 1.165) is 0 Å². The van der Waals surface area contributed by atoms with Crippen LogP contribution in [0.5, 0.6) is 0 Å². The van der Waals surface area contributed by atoms with Crippen molar-refractivity contribution in [1.29, 1.82) is 0 Å². The Labute approximate surface area is 122 Å². The minimum atomic E-state index is -0.304. The summed E-state index contributed by atoms with van der Waals surface area (Å²) in [6, 6.07) is 12.9. The Hall–Kier alpha value is -2.95. The summed E-state index contributed by atoms with van der Waals surface area (Å²) in [5.74, 6) is -0.512. The molecule has 5 nitrogen and oxygen atoms in total. The van der Waals surface area contributed by atoms with Gasteiger partial charge in [-0.1, -0.05) is 12.1 Å². The summed E-state index contributed by atoms with van der Waals surface area (Å²) in [5.41, 5.74) is 1.94. The highest BCUT2D eigenvalue weighted by molar-refractivity contribution is 6.05. The fraction of sp³-hybridized carbons (Fsp3) is 0.0625. The molecule has 106 valence electrons. The predicted octanol–water partition coefficient (Wildman–Crippen LogP) is 2.11. The van der Waals surface area contributed by atoms with Crippen LogP contribution in [-0.4, -0.2) is 25.1 Å². The lowest BCUT2D eigenvalue weighted by molar-refractivity contribution is 0.0960. The van der Waals surface area contributed by atoms with Crippen molar-refractivity contribution in [3.63, 3.8) is 0 Å². The summed E-state index contributed by atoms with van der Waals surface area (Å²) in [4.78, 5) is 34.2. The van der Waals surface area contributed by atoms with Crippen LogP contribution in [0.4, 0.5) is 5.69 Å². The summed E-state index contributed by atoms with van der Waals surface area (Å²) in [6.45, 7) is 0. The maximum absolute atomic E-state index is 12.1. The first-order valence-electron chi connectivity index (χ1n) is 6.33. The first kappa shape index (κ1) is 14.5. The lowest BCUT2D eigenvalue weighted by Gasteiger charge is -2.06. The van der Waals surface area contributed by atoms with Crippen molar-refractivity contribution < 1.29 is 14.4 Å². The summed E-state index contributed by atoms with van der Waals surface area (Å²) < 4.78 is 0. The minimum Gasteiger partial charge on any atom is -0.355 e. The Balaban J connectivity index is 2.12. The number of aldehydes is 1. The molecule has 0 unspecified atom stereocenters. The van der Waals surface area contributed by atoms with Gasteiger partial charge in [0.05, 0.1) is 0 Å². The van der Waals surface area contributed by atoms with E-state index in [1.54, 1.807) is 55.6 Å². The van der Waals surface area contributed by atoms with E-state index in [1.165, 1.54) is 0 Å². The van der Waals surface area contributed by atoms with Gasteiger partial charge < -0.3 is 10.6 Å². The molecule has 21 heavy (non-hydrogen) atoms. The van der Waals surface area contributed by atoms with Gasteiger partial charge in [-0.25, -0.2) is 0 Å². The molecule has 2 rings (SSSR count). The molecule has 2 aromatic rings. The number of hydrogen-bond donors (Lipinski definition) is 2. The first-order valence-corrected chi connectivity index (χ1v) is 6.33. The SMILES string of the molecule is CNC(=O)c1ccc(C(=O)Nc2cccc(C=O)c2)cc1. The van der Waals surface area contributed by atoms with Gasteiger partial charge in [0.15, 0.2) is 0 Å². The first-order chi connectivity index (χ1) is 10.1. The fourth-order valence-electron chi connectivity index (χ4n) is 1.81. The molecule has 0 saturated carbocycles. The van der Waals surface area contributed by atoms with E-state index in [4.69, 9.17) is 0 Å². The second kappa shape index (κ2) is 6.47. The van der Waals surface area contributed by atoms with E-state index in [2.05, 4.69) is 10.6 Å². The van der Waals surface area contributed by atoms with E-state index < -0.39 is 0 Å². The lowest BCUT2D eigenvalue weighted by atomic mass is 10.1. The van der Waals surface area contributed by atoms with Crippen LogP contribution in [0.25, 0.3) is 0 Å². The molecule has 0 aromatic heterocycles. The highest BCUT2D eigenvalue weighted by atomic mass is 16.2. The normalized spacial score (nSPS) is 9.76. The quantitative estimate of drug-likeness (QED) is 0.843. The lowest BCUT2D eigenvalue weighted by Crippen LogP contribution is -2.18. The Morgan fingerprint density at radius 3 is 2.14 bits per heavy atom. The molecule has 0 aliphatic carbocycles. The number of carbonyl (C=O) groups is 3. The van der Waals surface area contributed by atoms with Crippen LogP contribution in [0.15, 0.2) is 48.5 Å². The van der Waals surface area contributed by atoms with Gasteiger partial charge in [-0.15, -0.1) is 0 Å². The standard InChI is InChI=1S/C16H14N2O3/c1-17-15(20)12-5-7-13(8-6-12)16(21)18-14-4-2-3-11(9-14)10-19/h2-10H,1H3,(H,17,20)(H,18,21). The molecular formula is C16H14N2O3. The Morgan fingerprint density at radius 1 is 0.952 bits per heavy atom. The van der Waals surface area contributed by atoms with Gasteiger partial charge in [0.25, 0.3) is 11.8 Å². The van der Waals surface area contributed by atoms with E-state index in [9.17, 15) is 14.4 Å². The molecule has 2 amide bonds. The Morgan fingerprint density at radius 2 is 1.57 bits per heavy atom. The minimum absolute atomic E-state index is 0.208. The molecule has 0 saturated heterocycles. The van der Waals surface area contributed by atoms with Gasteiger partial charge in [-0.3, -0.25) is 14.4 Å². The number of anilines is 1. The van der Waals surface area contributed by atoms with Crippen LogP contribution >= 0.6 is 0 Å². The second-order valence-corrected chi connectivity index (χ2v) is 4.35. The summed E-state index contributed by atoms with van der Waals surface area (Å²) in [7, 11) is 1.54. The van der Waals surface area contributed by atoms with Crippen LogP contribution in [0.2, 0.25) is 0 Å². The smallest absolute Gasteiger partial charge is 0.255 e. The van der Waals surface area contributed by atoms with Gasteiger partial charge in [-0.05, 0) is 36.4 Å². The molecular weight excluding hydrogens is 268 g/mol.